The normalized spacial score (nSPS) is 18.8. The number of benzene rings is 2. The molecule has 0 aliphatic carbocycles. The van der Waals surface area contributed by atoms with E-state index in [-0.39, 0.29) is 24.6 Å². The highest BCUT2D eigenvalue weighted by atomic mass is 19.2. The van der Waals surface area contributed by atoms with Crippen LogP contribution >= 0.6 is 0 Å². The highest BCUT2D eigenvalue weighted by Gasteiger charge is 2.36. The Morgan fingerprint density at radius 1 is 0.824 bits per heavy atom. The van der Waals surface area contributed by atoms with Crippen molar-refractivity contribution < 1.29 is 46.3 Å². The van der Waals surface area contributed by atoms with Crippen LogP contribution in [-0.4, -0.2) is 37.2 Å². The fourth-order valence-corrected chi connectivity index (χ4v) is 3.33. The molecule has 0 saturated carbocycles. The van der Waals surface area contributed by atoms with Crippen LogP contribution in [0.1, 0.15) is 13.8 Å². The zero-order chi connectivity index (χ0) is 24.7. The lowest BCUT2D eigenvalue weighted by Gasteiger charge is -2.35. The van der Waals surface area contributed by atoms with E-state index in [0.717, 1.165) is 34.4 Å². The van der Waals surface area contributed by atoms with E-state index < -0.39 is 64.4 Å². The Kier molecular flexibility index (Phi) is 5.98. The number of carbonyl (C=O) groups excluding carboxylic acids is 2. The minimum atomic E-state index is -1.26. The lowest BCUT2D eigenvalue weighted by molar-refractivity contribution is -0.150. The van der Waals surface area contributed by atoms with Crippen LogP contribution in [0.25, 0.3) is 0 Å². The third-order valence-corrected chi connectivity index (χ3v) is 5.13. The molecular weight excluding hydrogens is 464 g/mol. The van der Waals surface area contributed by atoms with E-state index in [1.54, 1.807) is 13.8 Å². The smallest absolute Gasteiger partial charge is 0.369 e. The quantitative estimate of drug-likeness (QED) is 0.283. The Morgan fingerprint density at radius 3 is 1.59 bits per heavy atom. The summed E-state index contributed by atoms with van der Waals surface area (Å²) in [5.74, 6) is -8.19. The van der Waals surface area contributed by atoms with Crippen molar-refractivity contribution >= 4 is 23.3 Å². The standard InChI is InChI=1S/C22H18F4N2O6/c1-10-8-31-19-15(6-4-13(23)17(19)25)27(10)33-21(29)12(3)22(30)34-28-11(2)9-32-20-16(28)7-5-14(24)18(20)26/h4-7,10-11H,3,8-9H2,1-2H3. The van der Waals surface area contributed by atoms with Crippen LogP contribution in [-0.2, 0) is 19.3 Å². The SMILES string of the molecule is C=C(C(=O)ON1c2ccc(F)c(F)c2OCC1C)C(=O)ON1c2ccc(F)c(F)c2OCC1C. The third-order valence-electron chi connectivity index (χ3n) is 5.13. The van der Waals surface area contributed by atoms with Crippen molar-refractivity contribution in [3.63, 3.8) is 0 Å². The van der Waals surface area contributed by atoms with Gasteiger partial charge in [0.2, 0.25) is 11.6 Å². The van der Waals surface area contributed by atoms with Crippen LogP contribution in [0, 0.1) is 23.3 Å². The van der Waals surface area contributed by atoms with Gasteiger partial charge in [0.25, 0.3) is 0 Å². The number of nitrogens with zero attached hydrogens (tertiary/aromatic N) is 2. The molecule has 2 aromatic carbocycles. The van der Waals surface area contributed by atoms with Crippen molar-refractivity contribution in [3.8, 4) is 11.5 Å². The van der Waals surface area contributed by atoms with Gasteiger partial charge in [0.15, 0.2) is 23.1 Å². The van der Waals surface area contributed by atoms with E-state index in [1.165, 1.54) is 0 Å². The number of carbonyl (C=O) groups is 2. The summed E-state index contributed by atoms with van der Waals surface area (Å²) in [5.41, 5.74) is -0.883. The van der Waals surface area contributed by atoms with Gasteiger partial charge in [-0.05, 0) is 38.1 Å². The second-order valence-corrected chi connectivity index (χ2v) is 7.63. The monoisotopic (exact) mass is 482 g/mol. The summed E-state index contributed by atoms with van der Waals surface area (Å²) >= 11 is 0. The molecule has 0 radical (unpaired) electrons. The highest BCUT2D eigenvalue weighted by molar-refractivity contribution is 6.13. The molecule has 0 aromatic heterocycles. The summed E-state index contributed by atoms with van der Waals surface area (Å²) in [6, 6.07) is 2.73. The van der Waals surface area contributed by atoms with Gasteiger partial charge in [-0.1, -0.05) is 6.58 Å². The molecule has 8 nitrogen and oxygen atoms in total. The Morgan fingerprint density at radius 2 is 1.21 bits per heavy atom. The number of ether oxygens (including phenoxy) is 2. The Hall–Kier alpha value is -3.96. The van der Waals surface area contributed by atoms with Crippen LogP contribution in [0.15, 0.2) is 36.4 Å². The molecule has 2 aliphatic heterocycles. The lowest BCUT2D eigenvalue weighted by atomic mass is 10.2. The van der Waals surface area contributed by atoms with E-state index in [2.05, 4.69) is 6.58 Å². The van der Waals surface area contributed by atoms with Crippen molar-refractivity contribution in [2.45, 2.75) is 25.9 Å². The van der Waals surface area contributed by atoms with Crippen molar-refractivity contribution in [2.24, 2.45) is 0 Å². The minimum absolute atomic E-state index is 0.0691. The molecule has 0 amide bonds. The number of hydrogen-bond acceptors (Lipinski definition) is 8. The molecule has 0 bridgehead atoms. The summed E-state index contributed by atoms with van der Waals surface area (Å²) in [4.78, 5) is 35.6. The second kappa shape index (κ2) is 8.76. The molecule has 34 heavy (non-hydrogen) atoms. The van der Waals surface area contributed by atoms with Crippen molar-refractivity contribution in [3.05, 3.63) is 59.7 Å². The molecule has 12 heteroatoms. The summed E-state index contributed by atoms with van der Waals surface area (Å²) in [5, 5.41) is 1.93. The maximum Gasteiger partial charge on any atom is 0.369 e. The van der Waals surface area contributed by atoms with Gasteiger partial charge in [-0.3, -0.25) is 0 Å². The molecule has 2 aliphatic rings. The Balaban J connectivity index is 1.51. The summed E-state index contributed by atoms with van der Waals surface area (Å²) in [7, 11) is 0. The molecular formula is C22H18F4N2O6. The van der Waals surface area contributed by atoms with Gasteiger partial charge in [-0.25, -0.2) is 18.4 Å². The van der Waals surface area contributed by atoms with Gasteiger partial charge in [0.1, 0.15) is 30.2 Å². The van der Waals surface area contributed by atoms with Crippen LogP contribution < -0.4 is 19.6 Å². The molecule has 0 fully saturated rings. The van der Waals surface area contributed by atoms with Gasteiger partial charge in [0, 0.05) is 0 Å². The molecule has 180 valence electrons. The molecule has 0 saturated heterocycles. The average molecular weight is 482 g/mol. The maximum atomic E-state index is 14.1. The van der Waals surface area contributed by atoms with Gasteiger partial charge >= 0.3 is 11.9 Å². The van der Waals surface area contributed by atoms with Crippen LogP contribution in [0.2, 0.25) is 0 Å². The summed E-state index contributed by atoms with van der Waals surface area (Å²) < 4.78 is 65.5. The number of halogens is 4. The summed E-state index contributed by atoms with van der Waals surface area (Å²) in [6.45, 7) is 6.27. The first-order valence-electron chi connectivity index (χ1n) is 10.0. The number of hydrogen-bond donors (Lipinski definition) is 0. The molecule has 2 atom stereocenters. The predicted octanol–water partition coefficient (Wildman–Crippen LogP) is 3.59. The first kappa shape index (κ1) is 23.2. The minimum Gasteiger partial charge on any atom is -0.486 e. The van der Waals surface area contributed by atoms with Crippen LogP contribution in [0.4, 0.5) is 28.9 Å². The fraction of sp³-hybridized carbons (Fsp3) is 0.273. The van der Waals surface area contributed by atoms with Gasteiger partial charge in [-0.15, -0.1) is 0 Å². The van der Waals surface area contributed by atoms with Crippen molar-refractivity contribution in [2.75, 3.05) is 23.3 Å². The van der Waals surface area contributed by atoms with E-state index in [4.69, 9.17) is 19.1 Å². The zero-order valence-corrected chi connectivity index (χ0v) is 17.9. The van der Waals surface area contributed by atoms with Crippen molar-refractivity contribution in [1.82, 2.24) is 0 Å². The molecule has 2 aromatic rings. The van der Waals surface area contributed by atoms with E-state index in [1.807, 2.05) is 0 Å². The molecule has 4 rings (SSSR count). The fourth-order valence-electron chi connectivity index (χ4n) is 3.33. The molecule has 0 N–H and O–H groups in total. The van der Waals surface area contributed by atoms with Gasteiger partial charge in [-0.2, -0.15) is 18.9 Å². The first-order valence-corrected chi connectivity index (χ1v) is 10.0. The summed E-state index contributed by atoms with van der Waals surface area (Å²) in [6.07, 6.45) is 0. The Bertz CT molecular complexity index is 1100. The van der Waals surface area contributed by atoms with E-state index in [9.17, 15) is 27.2 Å². The maximum absolute atomic E-state index is 14.1. The number of fused-ring (bicyclic) bond motifs is 2. The largest absolute Gasteiger partial charge is 0.486 e. The zero-order valence-electron chi connectivity index (χ0n) is 17.9. The van der Waals surface area contributed by atoms with E-state index in [0.29, 0.717) is 0 Å². The molecule has 0 spiro atoms. The second-order valence-electron chi connectivity index (χ2n) is 7.63. The van der Waals surface area contributed by atoms with Crippen molar-refractivity contribution in [1.29, 1.82) is 0 Å². The first-order chi connectivity index (χ1) is 16.1. The Labute approximate surface area is 190 Å². The highest BCUT2D eigenvalue weighted by Crippen LogP contribution is 2.39. The van der Waals surface area contributed by atoms with Gasteiger partial charge in [0.05, 0.1) is 12.1 Å². The van der Waals surface area contributed by atoms with Crippen LogP contribution in [0.5, 0.6) is 11.5 Å². The number of anilines is 2. The van der Waals surface area contributed by atoms with E-state index >= 15 is 0 Å². The third kappa shape index (κ3) is 3.95. The predicted molar refractivity (Wildman–Crippen MR) is 109 cm³/mol. The molecule has 2 heterocycles. The van der Waals surface area contributed by atoms with Gasteiger partial charge < -0.3 is 19.1 Å². The number of hydroxylamine groups is 2. The average Bonchev–Trinajstić information content (AvgIpc) is 2.81. The number of rotatable bonds is 4. The van der Waals surface area contributed by atoms with Crippen LogP contribution in [0.3, 0.4) is 0 Å². The molecule has 2 unspecified atom stereocenters. The topological polar surface area (TPSA) is 77.5 Å². The lowest BCUT2D eigenvalue weighted by Crippen LogP contribution is -2.45.